The van der Waals surface area contributed by atoms with Gasteiger partial charge in [-0.3, -0.25) is 4.79 Å². The van der Waals surface area contributed by atoms with E-state index in [1.54, 1.807) is 6.07 Å². The lowest BCUT2D eigenvalue weighted by Crippen LogP contribution is -2.12. The van der Waals surface area contributed by atoms with Crippen LogP contribution in [0.1, 0.15) is 10.4 Å². The summed E-state index contributed by atoms with van der Waals surface area (Å²) < 4.78 is 14.5. The third-order valence-electron chi connectivity index (χ3n) is 2.09. The number of primary amides is 1. The minimum Gasteiger partial charge on any atom is -0.366 e. The van der Waals surface area contributed by atoms with Gasteiger partial charge in [0.15, 0.2) is 0 Å². The molecule has 0 aliphatic heterocycles. The van der Waals surface area contributed by atoms with E-state index in [9.17, 15) is 9.18 Å². The van der Waals surface area contributed by atoms with Gasteiger partial charge >= 0.3 is 0 Å². The highest BCUT2D eigenvalue weighted by molar-refractivity contribution is 9.11. The van der Waals surface area contributed by atoms with Crippen LogP contribution in [-0.2, 0) is 0 Å². The SMILES string of the molecule is NC(=O)c1ccc(-c2ccc(Br)s2)cc1F. The molecular formula is C11H7BrFNOS. The Morgan fingerprint density at radius 3 is 2.56 bits per heavy atom. The summed E-state index contributed by atoms with van der Waals surface area (Å²) in [6, 6.07) is 8.17. The van der Waals surface area contributed by atoms with Crippen molar-refractivity contribution in [2.24, 2.45) is 5.73 Å². The molecule has 0 saturated heterocycles. The van der Waals surface area contributed by atoms with Gasteiger partial charge in [0.1, 0.15) is 5.82 Å². The van der Waals surface area contributed by atoms with Crippen molar-refractivity contribution in [3.63, 3.8) is 0 Å². The van der Waals surface area contributed by atoms with Crippen LogP contribution in [0.2, 0.25) is 0 Å². The van der Waals surface area contributed by atoms with Gasteiger partial charge in [-0.15, -0.1) is 11.3 Å². The van der Waals surface area contributed by atoms with Gasteiger partial charge in [0.25, 0.3) is 5.91 Å². The fraction of sp³-hybridized carbons (Fsp3) is 0. The summed E-state index contributed by atoms with van der Waals surface area (Å²) in [6.45, 7) is 0. The monoisotopic (exact) mass is 299 g/mol. The first kappa shape index (κ1) is 11.3. The number of nitrogens with two attached hydrogens (primary N) is 1. The van der Waals surface area contributed by atoms with Crippen LogP contribution in [0, 0.1) is 5.82 Å². The van der Waals surface area contributed by atoms with Gasteiger partial charge in [-0.25, -0.2) is 4.39 Å². The van der Waals surface area contributed by atoms with Crippen molar-refractivity contribution < 1.29 is 9.18 Å². The normalized spacial score (nSPS) is 10.4. The van der Waals surface area contributed by atoms with Crippen molar-refractivity contribution in [2.45, 2.75) is 0 Å². The Morgan fingerprint density at radius 2 is 2.06 bits per heavy atom. The number of halogens is 2. The number of rotatable bonds is 2. The minimum atomic E-state index is -0.753. The molecule has 0 bridgehead atoms. The zero-order chi connectivity index (χ0) is 11.7. The summed E-state index contributed by atoms with van der Waals surface area (Å²) in [5.74, 6) is -1.34. The quantitative estimate of drug-likeness (QED) is 0.907. The molecule has 2 aromatic rings. The highest BCUT2D eigenvalue weighted by atomic mass is 79.9. The molecule has 2 N–H and O–H groups in total. The van der Waals surface area contributed by atoms with Crippen LogP contribution >= 0.6 is 27.3 Å². The Labute approximate surface area is 104 Å². The Bertz CT molecular complexity index is 553. The predicted octanol–water partition coefficient (Wildman–Crippen LogP) is 3.42. The van der Waals surface area contributed by atoms with Crippen LogP contribution in [0.25, 0.3) is 10.4 Å². The largest absolute Gasteiger partial charge is 0.366 e. The summed E-state index contributed by atoms with van der Waals surface area (Å²) >= 11 is 4.83. The van der Waals surface area contributed by atoms with Gasteiger partial charge in [0.2, 0.25) is 0 Å². The lowest BCUT2D eigenvalue weighted by atomic mass is 10.1. The summed E-state index contributed by atoms with van der Waals surface area (Å²) in [6.07, 6.45) is 0. The number of carbonyl (C=O) groups excluding carboxylic acids is 1. The molecule has 0 unspecified atom stereocenters. The molecule has 0 atom stereocenters. The summed E-state index contributed by atoms with van der Waals surface area (Å²) in [5, 5.41) is 0. The molecule has 2 rings (SSSR count). The molecule has 0 aliphatic carbocycles. The third kappa shape index (κ3) is 2.15. The maximum absolute atomic E-state index is 13.5. The highest BCUT2D eigenvalue weighted by Gasteiger charge is 2.10. The van der Waals surface area contributed by atoms with Crippen molar-refractivity contribution in [3.8, 4) is 10.4 Å². The van der Waals surface area contributed by atoms with Crippen LogP contribution in [0.3, 0.4) is 0 Å². The van der Waals surface area contributed by atoms with E-state index < -0.39 is 11.7 Å². The van der Waals surface area contributed by atoms with Crippen LogP contribution in [-0.4, -0.2) is 5.91 Å². The summed E-state index contributed by atoms with van der Waals surface area (Å²) in [4.78, 5) is 11.8. The molecule has 1 amide bonds. The lowest BCUT2D eigenvalue weighted by molar-refractivity contribution is 0.0996. The first-order valence-corrected chi connectivity index (χ1v) is 6.04. The Balaban J connectivity index is 2.45. The first-order valence-electron chi connectivity index (χ1n) is 4.43. The van der Waals surface area contributed by atoms with E-state index in [1.165, 1.54) is 23.5 Å². The fourth-order valence-corrected chi connectivity index (χ4v) is 2.72. The average Bonchev–Trinajstić information content (AvgIpc) is 2.64. The molecule has 1 heterocycles. The molecule has 1 aromatic heterocycles. The number of benzene rings is 1. The molecule has 0 fully saturated rings. The van der Waals surface area contributed by atoms with E-state index in [0.29, 0.717) is 0 Å². The van der Waals surface area contributed by atoms with Crippen molar-refractivity contribution >= 4 is 33.2 Å². The molecule has 2 nitrogen and oxygen atoms in total. The lowest BCUT2D eigenvalue weighted by Gasteiger charge is -2.01. The molecule has 0 radical (unpaired) electrons. The van der Waals surface area contributed by atoms with E-state index in [0.717, 1.165) is 14.2 Å². The highest BCUT2D eigenvalue weighted by Crippen LogP contribution is 2.31. The molecule has 1 aromatic carbocycles. The van der Waals surface area contributed by atoms with Gasteiger partial charge < -0.3 is 5.73 Å². The smallest absolute Gasteiger partial charge is 0.251 e. The molecule has 5 heteroatoms. The van der Waals surface area contributed by atoms with E-state index in [2.05, 4.69) is 15.9 Å². The standard InChI is InChI=1S/C11H7BrFNOS/c12-10-4-3-9(16-10)6-1-2-7(11(14)15)8(13)5-6/h1-5H,(H2,14,15). The summed E-state index contributed by atoms with van der Waals surface area (Å²) in [7, 11) is 0. The molecule has 82 valence electrons. The number of carbonyl (C=O) groups is 1. The van der Waals surface area contributed by atoms with Gasteiger partial charge in [-0.1, -0.05) is 6.07 Å². The predicted molar refractivity (Wildman–Crippen MR) is 65.9 cm³/mol. The average molecular weight is 300 g/mol. The second-order valence-corrected chi connectivity index (χ2v) is 5.63. The third-order valence-corrected chi connectivity index (χ3v) is 3.76. The Hall–Kier alpha value is -1.20. The second-order valence-electron chi connectivity index (χ2n) is 3.16. The van der Waals surface area contributed by atoms with Gasteiger partial charge in [0, 0.05) is 4.88 Å². The first-order chi connectivity index (χ1) is 7.58. The van der Waals surface area contributed by atoms with Crippen molar-refractivity contribution in [1.82, 2.24) is 0 Å². The maximum atomic E-state index is 13.5. The van der Waals surface area contributed by atoms with Crippen molar-refractivity contribution in [2.75, 3.05) is 0 Å². The molecule has 16 heavy (non-hydrogen) atoms. The zero-order valence-corrected chi connectivity index (χ0v) is 10.4. The molecule has 0 aliphatic rings. The van der Waals surface area contributed by atoms with Gasteiger partial charge in [-0.2, -0.15) is 0 Å². The number of thiophene rings is 1. The van der Waals surface area contributed by atoms with E-state index >= 15 is 0 Å². The molecule has 0 spiro atoms. The van der Waals surface area contributed by atoms with Crippen molar-refractivity contribution in [3.05, 3.63) is 45.5 Å². The Morgan fingerprint density at radius 1 is 1.31 bits per heavy atom. The Kier molecular flexibility index (Phi) is 3.07. The number of hydrogen-bond donors (Lipinski definition) is 1. The zero-order valence-electron chi connectivity index (χ0n) is 8.04. The van der Waals surface area contributed by atoms with Crippen LogP contribution < -0.4 is 5.73 Å². The molecule has 0 saturated carbocycles. The topological polar surface area (TPSA) is 43.1 Å². The fourth-order valence-electron chi connectivity index (χ4n) is 1.34. The van der Waals surface area contributed by atoms with Crippen LogP contribution in [0.15, 0.2) is 34.1 Å². The summed E-state index contributed by atoms with van der Waals surface area (Å²) in [5.41, 5.74) is 5.67. The van der Waals surface area contributed by atoms with Gasteiger partial charge in [-0.05, 0) is 45.8 Å². The van der Waals surface area contributed by atoms with E-state index in [-0.39, 0.29) is 5.56 Å². The van der Waals surface area contributed by atoms with Crippen molar-refractivity contribution in [1.29, 1.82) is 0 Å². The van der Waals surface area contributed by atoms with E-state index in [1.807, 2.05) is 12.1 Å². The number of amides is 1. The number of hydrogen-bond acceptors (Lipinski definition) is 2. The minimum absolute atomic E-state index is 0.0839. The second kappa shape index (κ2) is 4.35. The molecular weight excluding hydrogens is 293 g/mol. The van der Waals surface area contributed by atoms with Gasteiger partial charge in [0.05, 0.1) is 9.35 Å². The maximum Gasteiger partial charge on any atom is 0.251 e. The van der Waals surface area contributed by atoms with Crippen LogP contribution in [0.5, 0.6) is 0 Å². The van der Waals surface area contributed by atoms with E-state index in [4.69, 9.17) is 5.73 Å². The van der Waals surface area contributed by atoms with Crippen LogP contribution in [0.4, 0.5) is 4.39 Å².